The van der Waals surface area contributed by atoms with E-state index < -0.39 is 12.3 Å². The Morgan fingerprint density at radius 3 is 3.14 bits per heavy atom. The third-order valence-electron chi connectivity index (χ3n) is 5.50. The Labute approximate surface area is 165 Å². The lowest BCUT2D eigenvalue weighted by Crippen LogP contribution is -2.26. The van der Waals surface area contributed by atoms with Gasteiger partial charge in [0, 0.05) is 32.9 Å². The molecular weight excluding hydrogens is 355 g/mol. The molecule has 2 atom stereocenters. The Bertz CT molecular complexity index is 1140. The second-order valence-corrected chi connectivity index (χ2v) is 7.45. The maximum absolute atomic E-state index is 14.2. The summed E-state index contributed by atoms with van der Waals surface area (Å²) in [4.78, 5) is 10.8. The van der Waals surface area contributed by atoms with Crippen LogP contribution in [0, 0.1) is 5.82 Å². The first-order chi connectivity index (χ1) is 14.3. The van der Waals surface area contributed by atoms with Crippen LogP contribution in [0.5, 0.6) is 0 Å². The molecule has 0 saturated carbocycles. The van der Waals surface area contributed by atoms with Gasteiger partial charge in [-0.15, -0.1) is 0 Å². The number of aromatic nitrogens is 4. The van der Waals surface area contributed by atoms with E-state index in [-0.39, 0.29) is 12.1 Å². The fourth-order valence-electron chi connectivity index (χ4n) is 4.08. The lowest BCUT2D eigenvalue weighted by Gasteiger charge is -2.27. The maximum Gasteiger partial charge on any atom is 0.166 e. The van der Waals surface area contributed by atoms with Crippen molar-refractivity contribution in [1.29, 1.82) is 0 Å². The van der Waals surface area contributed by atoms with E-state index in [1.54, 1.807) is 27.9 Å². The second kappa shape index (κ2) is 6.58. The minimum Gasteiger partial charge on any atom is -0.382 e. The van der Waals surface area contributed by atoms with Gasteiger partial charge in [-0.05, 0) is 50.3 Å². The summed E-state index contributed by atoms with van der Waals surface area (Å²) in [5.74, 6) is 0.0820. The maximum atomic E-state index is 14.2. The van der Waals surface area contributed by atoms with Crippen molar-refractivity contribution in [2.24, 2.45) is 0 Å². The number of rotatable bonds is 0. The van der Waals surface area contributed by atoms with Crippen molar-refractivity contribution in [3.63, 3.8) is 0 Å². The van der Waals surface area contributed by atoms with Gasteiger partial charge in [0.2, 0.25) is 0 Å². The lowest BCUT2D eigenvalue weighted by molar-refractivity contribution is 0.575. The molecule has 28 heavy (non-hydrogen) atoms. The highest BCUT2D eigenvalue weighted by molar-refractivity contribution is 5.74. The van der Waals surface area contributed by atoms with Gasteiger partial charge < -0.3 is 10.2 Å². The van der Waals surface area contributed by atoms with Gasteiger partial charge in [-0.25, -0.2) is 13.9 Å². The molecule has 5 heterocycles. The highest BCUT2D eigenvalue weighted by atomic mass is 19.1. The van der Waals surface area contributed by atoms with Gasteiger partial charge in [0.15, 0.2) is 5.65 Å². The lowest BCUT2D eigenvalue weighted by atomic mass is 9.98. The van der Waals surface area contributed by atoms with Crippen molar-refractivity contribution in [3.8, 4) is 0 Å². The van der Waals surface area contributed by atoms with Gasteiger partial charge in [0.1, 0.15) is 11.6 Å². The minimum absolute atomic E-state index is 0.113. The van der Waals surface area contributed by atoms with E-state index in [9.17, 15) is 4.39 Å². The molecule has 0 amide bonds. The highest BCUT2D eigenvalue weighted by Crippen LogP contribution is 2.37. The first-order valence-corrected chi connectivity index (χ1v) is 9.57. The molecule has 0 radical (unpaired) electrons. The van der Waals surface area contributed by atoms with E-state index in [1.807, 2.05) is 0 Å². The topological polar surface area (TPSA) is 58.4 Å². The number of hydrogen-bond acceptors (Lipinski definition) is 5. The molecule has 2 aliphatic heterocycles. The van der Waals surface area contributed by atoms with E-state index in [1.165, 1.54) is 12.3 Å². The van der Waals surface area contributed by atoms with E-state index in [2.05, 4.69) is 28.9 Å². The zero-order valence-electron chi connectivity index (χ0n) is 17.7. The Morgan fingerprint density at radius 1 is 1.36 bits per heavy atom. The quantitative estimate of drug-likeness (QED) is 0.647. The monoisotopic (exact) mass is 380 g/mol. The van der Waals surface area contributed by atoms with Crippen LogP contribution in [0.1, 0.15) is 51.8 Å². The summed E-state index contributed by atoms with van der Waals surface area (Å²) >= 11 is 0. The van der Waals surface area contributed by atoms with Crippen molar-refractivity contribution < 1.29 is 7.13 Å². The Balaban J connectivity index is 1.74. The predicted octanol–water partition coefficient (Wildman–Crippen LogP) is 3.50. The number of pyridine rings is 1. The Hall–Kier alpha value is -2.96. The normalized spacial score (nSPS) is 25.1. The van der Waals surface area contributed by atoms with Crippen LogP contribution in [0.4, 0.5) is 10.2 Å². The standard InChI is InChI=1S/C21H23FN6/c1-13-5-6-18-16(10-15(22)11-23-18)19-4-3-8-27(19)20-7-9-28-21(26-20)17(12-24-28)14(2)25-13/h7,9-13,19,25H,2-6,8H2,1H3/t13-,19+/m1/s1/i8D2. The van der Waals surface area contributed by atoms with Crippen molar-refractivity contribution in [3.05, 3.63) is 59.9 Å². The van der Waals surface area contributed by atoms with Gasteiger partial charge in [0.25, 0.3) is 0 Å². The molecule has 0 aliphatic carbocycles. The van der Waals surface area contributed by atoms with Crippen LogP contribution in [0.2, 0.25) is 0 Å². The molecule has 144 valence electrons. The molecule has 1 saturated heterocycles. The summed E-state index contributed by atoms with van der Waals surface area (Å²) in [6, 6.07) is 3.03. The molecule has 3 aromatic rings. The molecule has 0 unspecified atom stereocenters. The van der Waals surface area contributed by atoms with Gasteiger partial charge in [-0.2, -0.15) is 5.10 Å². The number of anilines is 1. The van der Waals surface area contributed by atoms with E-state index in [4.69, 9.17) is 7.73 Å². The number of nitrogens with zero attached hydrogens (tertiary/aromatic N) is 5. The van der Waals surface area contributed by atoms with Gasteiger partial charge in [0.05, 0.1) is 24.0 Å². The SMILES string of the molecule is [2H]C1([2H])CC[C@H]2c3cc(F)cnc3CC[C@@H](C)NC(=C)c3cnn4ccc(nc34)N21. The van der Waals surface area contributed by atoms with E-state index in [0.29, 0.717) is 30.7 Å². The molecule has 0 aromatic carbocycles. The van der Waals surface area contributed by atoms with Gasteiger partial charge in [-0.1, -0.05) is 6.58 Å². The summed E-state index contributed by atoms with van der Waals surface area (Å²) in [7, 11) is 0. The zero-order chi connectivity index (χ0) is 21.0. The summed E-state index contributed by atoms with van der Waals surface area (Å²) in [5, 5.41) is 7.76. The van der Waals surface area contributed by atoms with Crippen LogP contribution in [0.15, 0.2) is 37.3 Å². The smallest absolute Gasteiger partial charge is 0.166 e. The van der Waals surface area contributed by atoms with Crippen molar-refractivity contribution >= 4 is 17.2 Å². The first kappa shape index (κ1) is 15.0. The number of aryl methyl sites for hydroxylation is 1. The van der Waals surface area contributed by atoms with E-state index in [0.717, 1.165) is 28.9 Å². The summed E-state index contributed by atoms with van der Waals surface area (Å²) < 4.78 is 33.1. The minimum atomic E-state index is -1.61. The van der Waals surface area contributed by atoms with Crippen molar-refractivity contribution in [2.45, 2.75) is 44.7 Å². The number of hydrogen-bond donors (Lipinski definition) is 1. The molecule has 3 aromatic heterocycles. The van der Waals surface area contributed by atoms with Crippen molar-refractivity contribution in [2.75, 3.05) is 11.4 Å². The Morgan fingerprint density at radius 2 is 2.25 bits per heavy atom. The molecule has 5 rings (SSSR count). The molecule has 2 bridgehead atoms. The molecule has 7 heteroatoms. The average molecular weight is 380 g/mol. The van der Waals surface area contributed by atoms with Gasteiger partial charge >= 0.3 is 0 Å². The fraction of sp³-hybridized carbons (Fsp3) is 0.381. The molecule has 0 spiro atoms. The largest absolute Gasteiger partial charge is 0.382 e. The molecular formula is C21H23FN6. The van der Waals surface area contributed by atoms with Crippen LogP contribution in [0.25, 0.3) is 11.3 Å². The predicted molar refractivity (Wildman–Crippen MR) is 106 cm³/mol. The molecule has 1 N–H and O–H groups in total. The molecule has 2 aliphatic rings. The van der Waals surface area contributed by atoms with E-state index >= 15 is 0 Å². The summed E-state index contributed by atoms with van der Waals surface area (Å²) in [6.45, 7) is 4.62. The van der Waals surface area contributed by atoms with Crippen LogP contribution < -0.4 is 10.2 Å². The third kappa shape index (κ3) is 2.82. The summed E-state index contributed by atoms with van der Waals surface area (Å²) in [5.41, 5.74) is 3.63. The van der Waals surface area contributed by atoms with Crippen molar-refractivity contribution in [1.82, 2.24) is 24.9 Å². The van der Waals surface area contributed by atoms with Crippen LogP contribution in [-0.4, -0.2) is 32.1 Å². The van der Waals surface area contributed by atoms with Crippen LogP contribution in [0.3, 0.4) is 0 Å². The second-order valence-electron chi connectivity index (χ2n) is 7.45. The first-order valence-electron chi connectivity index (χ1n) is 10.6. The zero-order valence-corrected chi connectivity index (χ0v) is 15.7. The van der Waals surface area contributed by atoms with Crippen LogP contribution >= 0.6 is 0 Å². The number of fused-ring (bicyclic) bond motifs is 5. The third-order valence-corrected chi connectivity index (χ3v) is 5.50. The fourth-order valence-corrected chi connectivity index (χ4v) is 4.08. The molecule has 6 nitrogen and oxygen atoms in total. The summed E-state index contributed by atoms with van der Waals surface area (Å²) in [6.07, 6.45) is 7.05. The van der Waals surface area contributed by atoms with Crippen LogP contribution in [-0.2, 0) is 6.42 Å². The number of nitrogens with one attached hydrogen (secondary N) is 1. The highest BCUT2D eigenvalue weighted by Gasteiger charge is 2.30. The number of halogens is 1. The van der Waals surface area contributed by atoms with Gasteiger partial charge in [-0.3, -0.25) is 4.98 Å². The average Bonchev–Trinajstić information content (AvgIpc) is 3.26. The Kier molecular flexibility index (Phi) is 3.53. The molecule has 1 fully saturated rings.